The van der Waals surface area contributed by atoms with Crippen molar-refractivity contribution in [2.75, 3.05) is 5.32 Å². The van der Waals surface area contributed by atoms with E-state index in [4.69, 9.17) is 5.73 Å². The second-order valence-electron chi connectivity index (χ2n) is 8.52. The Morgan fingerprint density at radius 2 is 1.53 bits per heavy atom. The molecule has 2 unspecified atom stereocenters. The molecule has 0 saturated heterocycles. The number of nitrogens with zero attached hydrogens (tertiary/aromatic N) is 1. The van der Waals surface area contributed by atoms with Crippen LogP contribution in [0.2, 0.25) is 0 Å². The molecule has 2 aromatic heterocycles. The molecule has 6 rings (SSSR count). The number of benzene rings is 3. The van der Waals surface area contributed by atoms with Crippen LogP contribution < -0.4 is 11.1 Å². The predicted molar refractivity (Wildman–Crippen MR) is 126 cm³/mol. The Morgan fingerprint density at radius 3 is 2.27 bits per heavy atom. The van der Waals surface area contributed by atoms with Gasteiger partial charge in [0.1, 0.15) is 5.82 Å². The number of rotatable bonds is 3. The van der Waals surface area contributed by atoms with Gasteiger partial charge < -0.3 is 20.6 Å². The van der Waals surface area contributed by atoms with E-state index in [1.807, 2.05) is 0 Å². The highest BCUT2D eigenvalue weighted by molar-refractivity contribution is 6.09. The van der Waals surface area contributed by atoms with Gasteiger partial charge in [0, 0.05) is 39.4 Å². The van der Waals surface area contributed by atoms with Gasteiger partial charge in [-0.1, -0.05) is 49.2 Å². The van der Waals surface area contributed by atoms with Gasteiger partial charge in [0.2, 0.25) is 0 Å². The standard InChI is InChI=1S/C26H26N4/c27-21-9-3-4-10-23(21)29-26-16-17-15-18(13-14-22(17)28-26)30-24-11-5-1-7-19(24)20-8-2-6-12-25(20)30/h1-2,5-8,11-16,21,23,28-29H,3-4,9-10,27H2. The van der Waals surface area contributed by atoms with Gasteiger partial charge in [-0.3, -0.25) is 0 Å². The molecule has 0 aliphatic heterocycles. The number of fused-ring (bicyclic) bond motifs is 4. The Hall–Kier alpha value is -3.24. The normalized spacial score (nSPS) is 19.6. The summed E-state index contributed by atoms with van der Waals surface area (Å²) in [5.74, 6) is 1.06. The first kappa shape index (κ1) is 17.6. The van der Waals surface area contributed by atoms with Crippen LogP contribution in [-0.4, -0.2) is 21.6 Å². The first-order chi connectivity index (χ1) is 14.8. The highest BCUT2D eigenvalue weighted by Gasteiger charge is 2.22. The second kappa shape index (κ2) is 6.92. The van der Waals surface area contributed by atoms with Gasteiger partial charge >= 0.3 is 0 Å². The molecule has 150 valence electrons. The van der Waals surface area contributed by atoms with Gasteiger partial charge in [-0.25, -0.2) is 0 Å². The summed E-state index contributed by atoms with van der Waals surface area (Å²) in [7, 11) is 0. The lowest BCUT2D eigenvalue weighted by Crippen LogP contribution is -2.42. The molecule has 4 nitrogen and oxygen atoms in total. The SMILES string of the molecule is NC1CCCCC1Nc1cc2cc(-n3c4ccccc4c4ccccc43)ccc2[nH]1. The van der Waals surface area contributed by atoms with E-state index in [1.54, 1.807) is 0 Å². The number of hydrogen-bond acceptors (Lipinski definition) is 2. The highest BCUT2D eigenvalue weighted by atomic mass is 15.0. The van der Waals surface area contributed by atoms with Crippen molar-refractivity contribution in [3.63, 3.8) is 0 Å². The first-order valence-corrected chi connectivity index (χ1v) is 10.9. The lowest BCUT2D eigenvalue weighted by molar-refractivity contribution is 0.403. The van der Waals surface area contributed by atoms with Crippen LogP contribution in [0.1, 0.15) is 25.7 Å². The summed E-state index contributed by atoms with van der Waals surface area (Å²) in [5.41, 5.74) is 11.1. The van der Waals surface area contributed by atoms with Gasteiger partial charge in [0.25, 0.3) is 0 Å². The molecule has 2 heterocycles. The van der Waals surface area contributed by atoms with Crippen LogP contribution >= 0.6 is 0 Å². The third-order valence-corrected chi connectivity index (χ3v) is 6.60. The molecule has 1 aliphatic carbocycles. The van der Waals surface area contributed by atoms with Gasteiger partial charge in [0.05, 0.1) is 11.0 Å². The summed E-state index contributed by atoms with van der Waals surface area (Å²) >= 11 is 0. The van der Waals surface area contributed by atoms with Crippen LogP contribution in [0.5, 0.6) is 0 Å². The number of anilines is 1. The van der Waals surface area contributed by atoms with Crippen LogP contribution in [0.3, 0.4) is 0 Å². The van der Waals surface area contributed by atoms with Crippen molar-refractivity contribution < 1.29 is 0 Å². The van der Waals surface area contributed by atoms with Gasteiger partial charge in [-0.05, 0) is 49.2 Å². The first-order valence-electron chi connectivity index (χ1n) is 10.9. The van der Waals surface area contributed by atoms with E-state index < -0.39 is 0 Å². The van der Waals surface area contributed by atoms with Crippen molar-refractivity contribution in [1.29, 1.82) is 0 Å². The number of aromatic nitrogens is 2. The maximum Gasteiger partial charge on any atom is 0.104 e. The van der Waals surface area contributed by atoms with E-state index in [1.165, 1.54) is 45.7 Å². The average molecular weight is 395 g/mol. The van der Waals surface area contributed by atoms with Crippen molar-refractivity contribution in [3.8, 4) is 5.69 Å². The van der Waals surface area contributed by atoms with Crippen LogP contribution in [0.25, 0.3) is 38.4 Å². The Balaban J connectivity index is 1.45. The number of para-hydroxylation sites is 2. The summed E-state index contributed by atoms with van der Waals surface area (Å²) < 4.78 is 2.36. The van der Waals surface area contributed by atoms with Crippen molar-refractivity contribution in [1.82, 2.24) is 9.55 Å². The molecule has 1 saturated carbocycles. The zero-order valence-corrected chi connectivity index (χ0v) is 16.9. The lowest BCUT2D eigenvalue weighted by Gasteiger charge is -2.29. The van der Waals surface area contributed by atoms with E-state index >= 15 is 0 Å². The Labute approximate surface area is 175 Å². The Bertz CT molecular complexity index is 1310. The zero-order valence-electron chi connectivity index (χ0n) is 16.9. The van der Waals surface area contributed by atoms with Crippen LogP contribution in [-0.2, 0) is 0 Å². The molecule has 30 heavy (non-hydrogen) atoms. The van der Waals surface area contributed by atoms with Crippen molar-refractivity contribution in [2.24, 2.45) is 5.73 Å². The number of nitrogens with one attached hydrogen (secondary N) is 2. The fourth-order valence-electron chi connectivity index (χ4n) is 5.08. The molecule has 0 spiro atoms. The van der Waals surface area contributed by atoms with Crippen molar-refractivity contribution in [3.05, 3.63) is 72.8 Å². The second-order valence-corrected chi connectivity index (χ2v) is 8.52. The summed E-state index contributed by atoms with van der Waals surface area (Å²) in [6.07, 6.45) is 4.75. The topological polar surface area (TPSA) is 58.8 Å². The molecule has 4 N–H and O–H groups in total. The minimum Gasteiger partial charge on any atom is -0.367 e. The minimum atomic E-state index is 0.235. The molecular formula is C26H26N4. The molecule has 2 atom stereocenters. The maximum absolute atomic E-state index is 6.34. The third kappa shape index (κ3) is 2.79. The molecule has 1 fully saturated rings. The molecule has 4 heteroatoms. The zero-order chi connectivity index (χ0) is 20.1. The van der Waals surface area contributed by atoms with Crippen LogP contribution in [0, 0.1) is 0 Å². The molecule has 0 amide bonds. The van der Waals surface area contributed by atoms with Crippen molar-refractivity contribution in [2.45, 2.75) is 37.8 Å². The summed E-state index contributed by atoms with van der Waals surface area (Å²) in [6.45, 7) is 0. The summed E-state index contributed by atoms with van der Waals surface area (Å²) in [6, 6.07) is 26.7. The smallest absolute Gasteiger partial charge is 0.104 e. The third-order valence-electron chi connectivity index (χ3n) is 6.60. The molecular weight excluding hydrogens is 368 g/mol. The maximum atomic E-state index is 6.34. The molecule has 1 aliphatic rings. The summed E-state index contributed by atoms with van der Waals surface area (Å²) in [4.78, 5) is 3.53. The minimum absolute atomic E-state index is 0.235. The number of aromatic amines is 1. The molecule has 0 bridgehead atoms. The van der Waals surface area contributed by atoms with Crippen LogP contribution in [0.4, 0.5) is 5.82 Å². The van der Waals surface area contributed by atoms with E-state index in [0.717, 1.165) is 24.2 Å². The molecule has 0 radical (unpaired) electrons. The van der Waals surface area contributed by atoms with Crippen molar-refractivity contribution >= 4 is 38.5 Å². The number of hydrogen-bond donors (Lipinski definition) is 3. The largest absolute Gasteiger partial charge is 0.367 e. The monoisotopic (exact) mass is 394 g/mol. The van der Waals surface area contributed by atoms with E-state index in [2.05, 4.69) is 87.7 Å². The predicted octanol–water partition coefficient (Wildman–Crippen LogP) is 5.95. The van der Waals surface area contributed by atoms with E-state index in [9.17, 15) is 0 Å². The van der Waals surface area contributed by atoms with Gasteiger partial charge in [0.15, 0.2) is 0 Å². The average Bonchev–Trinajstić information content (AvgIpc) is 3.33. The quantitative estimate of drug-likeness (QED) is 0.354. The summed E-state index contributed by atoms with van der Waals surface area (Å²) in [5, 5.41) is 7.43. The molecule has 3 aromatic carbocycles. The van der Waals surface area contributed by atoms with E-state index in [-0.39, 0.29) is 6.04 Å². The van der Waals surface area contributed by atoms with Crippen LogP contribution in [0.15, 0.2) is 72.8 Å². The molecule has 5 aromatic rings. The fraction of sp³-hybridized carbons (Fsp3) is 0.231. The fourth-order valence-corrected chi connectivity index (χ4v) is 5.08. The van der Waals surface area contributed by atoms with Gasteiger partial charge in [-0.2, -0.15) is 0 Å². The number of nitrogens with two attached hydrogens (primary N) is 1. The lowest BCUT2D eigenvalue weighted by atomic mass is 9.91. The number of H-pyrrole nitrogens is 1. The Morgan fingerprint density at radius 1 is 0.833 bits per heavy atom. The highest BCUT2D eigenvalue weighted by Crippen LogP contribution is 2.33. The Kier molecular flexibility index (Phi) is 4.06. The van der Waals surface area contributed by atoms with E-state index in [0.29, 0.717) is 6.04 Å². The van der Waals surface area contributed by atoms with Gasteiger partial charge in [-0.15, -0.1) is 0 Å².